The maximum Gasteiger partial charge on any atom is 0.227 e. The predicted molar refractivity (Wildman–Crippen MR) is 85.8 cm³/mol. The van der Waals surface area contributed by atoms with Crippen LogP contribution < -0.4 is 5.32 Å². The van der Waals surface area contributed by atoms with Gasteiger partial charge in [0.1, 0.15) is 0 Å². The van der Waals surface area contributed by atoms with E-state index in [4.69, 9.17) is 23.2 Å². The molecule has 0 saturated heterocycles. The van der Waals surface area contributed by atoms with Gasteiger partial charge >= 0.3 is 0 Å². The van der Waals surface area contributed by atoms with Crippen LogP contribution in [0.5, 0.6) is 0 Å². The van der Waals surface area contributed by atoms with Crippen LogP contribution in [0.15, 0.2) is 10.5 Å². The molecule has 106 valence electrons. The fourth-order valence-electron chi connectivity index (χ4n) is 2.97. The smallest absolute Gasteiger partial charge is 0.227 e. The zero-order chi connectivity index (χ0) is 14.6. The summed E-state index contributed by atoms with van der Waals surface area (Å²) in [4.78, 5) is 12.1. The fraction of sp³-hybridized carbons (Fsp3) is 0.357. The first-order valence-corrected chi connectivity index (χ1v) is 7.90. The molecule has 1 amide bonds. The van der Waals surface area contributed by atoms with Crippen LogP contribution in [0.4, 0.5) is 0 Å². The first-order chi connectivity index (χ1) is 9.43. The molecule has 2 heterocycles. The van der Waals surface area contributed by atoms with Gasteiger partial charge in [-0.2, -0.15) is 0 Å². The molecule has 3 nitrogen and oxygen atoms in total. The van der Waals surface area contributed by atoms with E-state index in [1.807, 2.05) is 14.0 Å². The number of nitrogens with zero attached hydrogens (tertiary/aromatic N) is 1. The van der Waals surface area contributed by atoms with Gasteiger partial charge in [-0.25, -0.2) is 0 Å². The van der Waals surface area contributed by atoms with Gasteiger partial charge in [-0.1, -0.05) is 39.1 Å². The number of nitrogens with one attached hydrogen (secondary N) is 1. The minimum Gasteiger partial charge on any atom is -0.355 e. The highest BCUT2D eigenvalue weighted by Crippen LogP contribution is 2.43. The van der Waals surface area contributed by atoms with E-state index in [9.17, 15) is 4.79 Å². The first kappa shape index (κ1) is 14.2. The van der Waals surface area contributed by atoms with Crippen molar-refractivity contribution in [2.24, 2.45) is 7.05 Å². The second-order valence-electron chi connectivity index (χ2n) is 5.06. The number of hydrogen-bond acceptors (Lipinski definition) is 1. The van der Waals surface area contributed by atoms with E-state index < -0.39 is 0 Å². The van der Waals surface area contributed by atoms with Crippen molar-refractivity contribution in [3.05, 3.63) is 31.8 Å². The van der Waals surface area contributed by atoms with E-state index in [0.29, 0.717) is 16.6 Å². The normalized spacial score (nSPS) is 18.9. The van der Waals surface area contributed by atoms with E-state index in [2.05, 4.69) is 25.8 Å². The highest BCUT2D eigenvalue weighted by Gasteiger charge is 2.29. The highest BCUT2D eigenvalue weighted by molar-refractivity contribution is 9.10. The maximum atomic E-state index is 12.1. The quantitative estimate of drug-likeness (QED) is 0.693. The van der Waals surface area contributed by atoms with Gasteiger partial charge < -0.3 is 9.88 Å². The Morgan fingerprint density at radius 2 is 2.15 bits per heavy atom. The van der Waals surface area contributed by atoms with Gasteiger partial charge in [0.25, 0.3) is 0 Å². The van der Waals surface area contributed by atoms with Gasteiger partial charge in [0.15, 0.2) is 0 Å². The summed E-state index contributed by atoms with van der Waals surface area (Å²) in [5.74, 6) is -0.154. The molecule has 0 saturated carbocycles. The third-order valence-electron chi connectivity index (χ3n) is 3.95. The molecule has 0 radical (unpaired) electrons. The number of aromatic nitrogens is 1. The van der Waals surface area contributed by atoms with Crippen LogP contribution >= 0.6 is 39.1 Å². The van der Waals surface area contributed by atoms with Crippen LogP contribution in [0.3, 0.4) is 0 Å². The van der Waals surface area contributed by atoms with Crippen LogP contribution in [0.1, 0.15) is 24.1 Å². The summed E-state index contributed by atoms with van der Waals surface area (Å²) in [5.41, 5.74) is 3.07. The molecule has 1 N–H and O–H groups in total. The molecule has 20 heavy (non-hydrogen) atoms. The highest BCUT2D eigenvalue weighted by atomic mass is 79.9. The molecule has 1 aliphatic rings. The fourth-order valence-corrected chi connectivity index (χ4v) is 4.21. The summed E-state index contributed by atoms with van der Waals surface area (Å²) in [5, 5.41) is 4.97. The molecule has 0 spiro atoms. The Balaban J connectivity index is 2.48. The maximum absolute atomic E-state index is 12.1. The zero-order valence-electron chi connectivity index (χ0n) is 11.1. The van der Waals surface area contributed by atoms with Crippen LogP contribution in [0.25, 0.3) is 10.9 Å². The SMILES string of the molecule is C[C@H]1C(=O)NCCc2c1c1c(Br)cc(Cl)c(Cl)c1n2C. The Bertz CT molecular complexity index is 739. The number of carbonyl (C=O) groups is 1. The summed E-state index contributed by atoms with van der Waals surface area (Å²) < 4.78 is 2.93. The number of aryl methyl sites for hydroxylation is 1. The molecule has 1 aromatic carbocycles. The number of rotatable bonds is 0. The Hall–Kier alpha value is -0.710. The van der Waals surface area contributed by atoms with Crippen LogP contribution in [-0.4, -0.2) is 17.0 Å². The van der Waals surface area contributed by atoms with Gasteiger partial charge in [0, 0.05) is 35.6 Å². The number of hydrogen-bond donors (Lipinski definition) is 1. The van der Waals surface area contributed by atoms with E-state index >= 15 is 0 Å². The van der Waals surface area contributed by atoms with Crippen LogP contribution in [0.2, 0.25) is 10.0 Å². The molecule has 0 aliphatic carbocycles. The van der Waals surface area contributed by atoms with E-state index in [-0.39, 0.29) is 11.8 Å². The molecule has 2 aromatic rings. The van der Waals surface area contributed by atoms with Gasteiger partial charge in [-0.15, -0.1) is 0 Å². The summed E-state index contributed by atoms with van der Waals surface area (Å²) >= 11 is 16.1. The lowest BCUT2D eigenvalue weighted by Crippen LogP contribution is -2.26. The number of benzene rings is 1. The van der Waals surface area contributed by atoms with Gasteiger partial charge in [-0.3, -0.25) is 4.79 Å². The largest absolute Gasteiger partial charge is 0.355 e. The Morgan fingerprint density at radius 1 is 1.45 bits per heavy atom. The summed E-state index contributed by atoms with van der Waals surface area (Å²) in [7, 11) is 1.97. The van der Waals surface area contributed by atoms with E-state index in [1.54, 1.807) is 6.07 Å². The Labute approximate surface area is 135 Å². The molecular weight excluding hydrogens is 363 g/mol. The standard InChI is InChI=1S/C14H13BrCl2N2O/c1-6-10-9(3-4-18-14(6)20)19(2)13-11(10)7(15)5-8(16)12(13)17/h5-6H,3-4H2,1-2H3,(H,18,20)/t6-/m1/s1. The lowest BCUT2D eigenvalue weighted by molar-refractivity contribution is -0.121. The minimum absolute atomic E-state index is 0.0502. The summed E-state index contributed by atoms with van der Waals surface area (Å²) in [6, 6.07) is 1.79. The third-order valence-corrected chi connectivity index (χ3v) is 5.36. The molecular formula is C14H13BrCl2N2O. The van der Waals surface area contributed by atoms with Crippen LogP contribution in [0, 0.1) is 0 Å². The van der Waals surface area contributed by atoms with E-state index in [1.165, 1.54) is 0 Å². The minimum atomic E-state index is -0.204. The van der Waals surface area contributed by atoms with Gasteiger partial charge in [0.2, 0.25) is 5.91 Å². The van der Waals surface area contributed by atoms with E-state index in [0.717, 1.165) is 33.1 Å². The predicted octanol–water partition coefficient (Wildman–Crippen LogP) is 4.02. The van der Waals surface area contributed by atoms with Crippen molar-refractivity contribution in [1.82, 2.24) is 9.88 Å². The third kappa shape index (κ3) is 1.89. The lowest BCUT2D eigenvalue weighted by atomic mass is 9.97. The summed E-state index contributed by atoms with van der Waals surface area (Å²) in [6.07, 6.45) is 0.789. The van der Waals surface area contributed by atoms with Crippen LogP contribution in [-0.2, 0) is 18.3 Å². The molecule has 0 fully saturated rings. The number of fused-ring (bicyclic) bond motifs is 3. The Kier molecular flexibility index (Phi) is 3.51. The number of halogens is 3. The van der Waals surface area contributed by atoms with Crippen molar-refractivity contribution < 1.29 is 4.79 Å². The van der Waals surface area contributed by atoms with Crippen molar-refractivity contribution in [3.63, 3.8) is 0 Å². The second-order valence-corrected chi connectivity index (χ2v) is 6.70. The van der Waals surface area contributed by atoms with Gasteiger partial charge in [-0.05, 0) is 18.6 Å². The monoisotopic (exact) mass is 374 g/mol. The molecule has 1 atom stereocenters. The zero-order valence-corrected chi connectivity index (χ0v) is 14.2. The molecule has 6 heteroatoms. The van der Waals surface area contributed by atoms with Crippen molar-refractivity contribution in [1.29, 1.82) is 0 Å². The van der Waals surface area contributed by atoms with Crippen molar-refractivity contribution in [2.75, 3.05) is 6.54 Å². The van der Waals surface area contributed by atoms with Crippen molar-refractivity contribution in [2.45, 2.75) is 19.3 Å². The number of carbonyl (C=O) groups excluding carboxylic acids is 1. The average molecular weight is 376 g/mol. The Morgan fingerprint density at radius 3 is 2.85 bits per heavy atom. The summed E-state index contributed by atoms with van der Waals surface area (Å²) in [6.45, 7) is 2.57. The number of amides is 1. The van der Waals surface area contributed by atoms with Crippen molar-refractivity contribution >= 4 is 55.9 Å². The lowest BCUT2D eigenvalue weighted by Gasteiger charge is -2.10. The topological polar surface area (TPSA) is 34.0 Å². The molecule has 3 rings (SSSR count). The van der Waals surface area contributed by atoms with Gasteiger partial charge in [0.05, 0.1) is 21.5 Å². The second kappa shape index (κ2) is 4.93. The molecule has 0 unspecified atom stereocenters. The first-order valence-electron chi connectivity index (χ1n) is 6.35. The molecule has 0 bridgehead atoms. The van der Waals surface area contributed by atoms with Crippen molar-refractivity contribution in [3.8, 4) is 0 Å². The molecule has 1 aliphatic heterocycles. The molecule has 1 aromatic heterocycles. The average Bonchev–Trinajstić information content (AvgIpc) is 2.60.